The summed E-state index contributed by atoms with van der Waals surface area (Å²) in [6.07, 6.45) is -2.11. The zero-order valence-corrected chi connectivity index (χ0v) is 24.5. The standard InChI is InChI=1S/C31H31F3N4O4S/c1-3-4-13-28-35-38(26-11-7-6-10-25(26)31(32,33)34)30(40)37(28)19-21-14-16-22(17-15-21)23-9-5-8-12-27(23)43(41,42)36-29(39)24-18-20(24)2/h5-12,14-17,20,24H,3-4,13,18-19H2,1-2H3,(H,36,39). The van der Waals surface area contributed by atoms with Crippen molar-refractivity contribution in [3.05, 3.63) is 100 Å². The predicted molar refractivity (Wildman–Crippen MR) is 155 cm³/mol. The number of unbranched alkanes of at least 4 members (excludes halogenated alkanes) is 1. The van der Waals surface area contributed by atoms with Crippen LogP contribution in [0.25, 0.3) is 16.8 Å². The molecular formula is C31H31F3N4O4S. The fourth-order valence-corrected chi connectivity index (χ4v) is 6.29. The SMILES string of the molecule is CCCCc1nn(-c2ccccc2C(F)(F)F)c(=O)n1Cc1ccc(-c2ccccc2S(=O)(=O)NC(=O)C2CC2C)cc1. The van der Waals surface area contributed by atoms with Crippen LogP contribution in [-0.4, -0.2) is 28.7 Å². The van der Waals surface area contributed by atoms with Crippen molar-refractivity contribution in [1.82, 2.24) is 19.1 Å². The van der Waals surface area contributed by atoms with Crippen LogP contribution in [0.2, 0.25) is 0 Å². The number of amides is 1. The normalized spacial score (nSPS) is 16.7. The van der Waals surface area contributed by atoms with Gasteiger partial charge in [0.1, 0.15) is 5.82 Å². The van der Waals surface area contributed by atoms with E-state index in [-0.39, 0.29) is 29.0 Å². The molecule has 0 saturated heterocycles. The second kappa shape index (κ2) is 11.8. The van der Waals surface area contributed by atoms with Gasteiger partial charge in [0, 0.05) is 17.9 Å². The highest BCUT2D eigenvalue weighted by Crippen LogP contribution is 2.38. The van der Waals surface area contributed by atoms with Gasteiger partial charge in [-0.2, -0.15) is 17.9 Å². The maximum Gasteiger partial charge on any atom is 0.418 e. The lowest BCUT2D eigenvalue weighted by Gasteiger charge is -2.13. The molecule has 1 amide bonds. The molecular weight excluding hydrogens is 581 g/mol. The summed E-state index contributed by atoms with van der Waals surface area (Å²) in [5, 5.41) is 4.30. The first-order chi connectivity index (χ1) is 20.4. The number of rotatable bonds is 10. The number of aromatic nitrogens is 3. The zero-order valence-electron chi connectivity index (χ0n) is 23.6. The topological polar surface area (TPSA) is 103 Å². The van der Waals surface area contributed by atoms with E-state index >= 15 is 0 Å². The molecule has 3 aromatic carbocycles. The Labute approximate surface area is 247 Å². The second-order valence-electron chi connectivity index (χ2n) is 10.8. The molecule has 1 N–H and O–H groups in total. The minimum atomic E-state index is -4.66. The molecule has 226 valence electrons. The van der Waals surface area contributed by atoms with Gasteiger partial charge in [-0.05, 0) is 48.1 Å². The maximum atomic E-state index is 13.7. The van der Waals surface area contributed by atoms with Crippen molar-refractivity contribution in [2.45, 2.75) is 57.1 Å². The van der Waals surface area contributed by atoms with Crippen LogP contribution in [0, 0.1) is 11.8 Å². The van der Waals surface area contributed by atoms with E-state index < -0.39 is 33.4 Å². The van der Waals surface area contributed by atoms with Gasteiger partial charge in [0.05, 0.1) is 22.7 Å². The van der Waals surface area contributed by atoms with E-state index in [1.54, 1.807) is 42.5 Å². The van der Waals surface area contributed by atoms with E-state index in [2.05, 4.69) is 9.82 Å². The molecule has 0 spiro atoms. The molecule has 1 aliphatic carbocycles. The van der Waals surface area contributed by atoms with Crippen LogP contribution in [0.5, 0.6) is 0 Å². The van der Waals surface area contributed by atoms with Crippen molar-refractivity contribution < 1.29 is 26.4 Å². The van der Waals surface area contributed by atoms with Gasteiger partial charge >= 0.3 is 11.9 Å². The highest BCUT2D eigenvalue weighted by atomic mass is 32.2. The van der Waals surface area contributed by atoms with E-state index in [1.165, 1.54) is 28.8 Å². The second-order valence-corrected chi connectivity index (χ2v) is 12.4. The first kappa shape index (κ1) is 30.3. The van der Waals surface area contributed by atoms with E-state index in [1.807, 2.05) is 13.8 Å². The van der Waals surface area contributed by atoms with Crippen LogP contribution in [0.1, 0.15) is 50.1 Å². The number of aryl methyl sites for hydroxylation is 1. The Morgan fingerprint density at radius 2 is 1.67 bits per heavy atom. The molecule has 43 heavy (non-hydrogen) atoms. The molecule has 2 atom stereocenters. The highest BCUT2D eigenvalue weighted by molar-refractivity contribution is 7.90. The molecule has 1 aliphatic rings. The number of nitrogens with zero attached hydrogens (tertiary/aromatic N) is 3. The molecule has 1 fully saturated rings. The summed E-state index contributed by atoms with van der Waals surface area (Å²) in [6.45, 7) is 3.91. The summed E-state index contributed by atoms with van der Waals surface area (Å²) >= 11 is 0. The fraction of sp³-hybridized carbons (Fsp3) is 0.323. The summed E-state index contributed by atoms with van der Waals surface area (Å²) in [7, 11) is -4.12. The average Bonchev–Trinajstić information content (AvgIpc) is 3.64. The number of hydrogen-bond acceptors (Lipinski definition) is 5. The number of sulfonamides is 1. The van der Waals surface area contributed by atoms with E-state index in [4.69, 9.17) is 0 Å². The monoisotopic (exact) mass is 612 g/mol. The quantitative estimate of drug-likeness (QED) is 0.252. The third-order valence-electron chi connectivity index (χ3n) is 7.59. The first-order valence-corrected chi connectivity index (χ1v) is 15.5. The minimum absolute atomic E-state index is 0.0351. The Bertz CT molecular complexity index is 1810. The van der Waals surface area contributed by atoms with E-state index in [9.17, 15) is 31.2 Å². The van der Waals surface area contributed by atoms with Gasteiger partial charge in [-0.25, -0.2) is 17.9 Å². The van der Waals surface area contributed by atoms with Gasteiger partial charge in [-0.15, -0.1) is 5.10 Å². The molecule has 2 unspecified atom stereocenters. The Balaban J connectivity index is 1.45. The van der Waals surface area contributed by atoms with Gasteiger partial charge in [0.25, 0.3) is 10.0 Å². The summed E-state index contributed by atoms with van der Waals surface area (Å²) < 4.78 is 71.7. The molecule has 8 nitrogen and oxygen atoms in total. The Hall–Kier alpha value is -4.19. The van der Waals surface area contributed by atoms with Gasteiger partial charge in [0.2, 0.25) is 5.91 Å². The molecule has 12 heteroatoms. The molecule has 1 heterocycles. The van der Waals surface area contributed by atoms with Crippen molar-refractivity contribution in [1.29, 1.82) is 0 Å². The van der Waals surface area contributed by atoms with E-state index in [0.717, 1.165) is 17.2 Å². The number of alkyl halides is 3. The van der Waals surface area contributed by atoms with Gasteiger partial charge < -0.3 is 0 Å². The molecule has 0 bridgehead atoms. The molecule has 5 rings (SSSR count). The largest absolute Gasteiger partial charge is 0.418 e. The van der Waals surface area contributed by atoms with Crippen LogP contribution in [0.3, 0.4) is 0 Å². The lowest BCUT2D eigenvalue weighted by molar-refractivity contribution is -0.137. The lowest BCUT2D eigenvalue weighted by Crippen LogP contribution is -2.32. The third kappa shape index (κ3) is 6.43. The van der Waals surface area contributed by atoms with Crippen LogP contribution >= 0.6 is 0 Å². The number of benzene rings is 3. The summed E-state index contributed by atoms with van der Waals surface area (Å²) in [5.74, 6) is -0.303. The van der Waals surface area contributed by atoms with Crippen LogP contribution in [0.15, 0.2) is 82.5 Å². The lowest BCUT2D eigenvalue weighted by atomic mass is 10.0. The molecule has 4 aromatic rings. The van der Waals surface area contributed by atoms with Crippen molar-refractivity contribution in [3.63, 3.8) is 0 Å². The Morgan fingerprint density at radius 1 is 1.02 bits per heavy atom. The molecule has 0 radical (unpaired) electrons. The molecule has 1 saturated carbocycles. The number of halogens is 3. The van der Waals surface area contributed by atoms with Gasteiger partial charge in [0.15, 0.2) is 0 Å². The summed E-state index contributed by atoms with van der Waals surface area (Å²) in [6, 6.07) is 18.0. The smallest absolute Gasteiger partial charge is 0.274 e. The Kier molecular flexibility index (Phi) is 8.33. The average molecular weight is 613 g/mol. The first-order valence-electron chi connectivity index (χ1n) is 14.0. The van der Waals surface area contributed by atoms with Crippen molar-refractivity contribution in [3.8, 4) is 16.8 Å². The summed E-state index contributed by atoms with van der Waals surface area (Å²) in [4.78, 5) is 25.8. The predicted octanol–water partition coefficient (Wildman–Crippen LogP) is 5.57. The highest BCUT2D eigenvalue weighted by Gasteiger charge is 2.41. The minimum Gasteiger partial charge on any atom is -0.274 e. The number of carbonyl (C=O) groups excluding carboxylic acids is 1. The zero-order chi connectivity index (χ0) is 30.9. The molecule has 1 aromatic heterocycles. The number of carbonyl (C=O) groups is 1. The van der Waals surface area contributed by atoms with Crippen LogP contribution in [-0.2, 0) is 34.0 Å². The van der Waals surface area contributed by atoms with Crippen LogP contribution in [0.4, 0.5) is 13.2 Å². The number of hydrogen-bond donors (Lipinski definition) is 1. The van der Waals surface area contributed by atoms with E-state index in [0.29, 0.717) is 41.8 Å². The van der Waals surface area contributed by atoms with Crippen molar-refractivity contribution in [2.75, 3.05) is 0 Å². The van der Waals surface area contributed by atoms with Gasteiger partial charge in [-0.1, -0.05) is 74.9 Å². The fourth-order valence-electron chi connectivity index (χ4n) is 5.03. The van der Waals surface area contributed by atoms with Crippen LogP contribution < -0.4 is 10.4 Å². The van der Waals surface area contributed by atoms with Gasteiger partial charge in [-0.3, -0.25) is 9.36 Å². The summed E-state index contributed by atoms with van der Waals surface area (Å²) in [5.41, 5.74) is -0.342. The number of nitrogens with one attached hydrogen (secondary N) is 1. The number of para-hydroxylation sites is 1. The van der Waals surface area contributed by atoms with Crippen molar-refractivity contribution >= 4 is 15.9 Å². The maximum absolute atomic E-state index is 13.7. The third-order valence-corrected chi connectivity index (χ3v) is 9.00. The van der Waals surface area contributed by atoms with Crippen molar-refractivity contribution in [2.24, 2.45) is 11.8 Å². The Morgan fingerprint density at radius 3 is 2.33 bits per heavy atom. The molecule has 0 aliphatic heterocycles.